The Hall–Kier alpha value is -0.610. The minimum absolute atomic E-state index is 0.307. The zero-order chi connectivity index (χ0) is 14.4. The van der Waals surface area contributed by atoms with Gasteiger partial charge in [0.1, 0.15) is 11.6 Å². The van der Waals surface area contributed by atoms with E-state index >= 15 is 0 Å². The third-order valence-electron chi connectivity index (χ3n) is 3.70. The van der Waals surface area contributed by atoms with Crippen LogP contribution >= 0.6 is 11.8 Å². The molecule has 1 N–H and O–H groups in total. The number of nitrogens with one attached hydrogen (secondary N) is 1. The molecule has 0 spiro atoms. The average molecular weight is 299 g/mol. The molecule has 1 aromatic carbocycles. The molecule has 0 amide bonds. The van der Waals surface area contributed by atoms with Crippen molar-refractivity contribution in [1.29, 1.82) is 0 Å². The topological polar surface area (TPSA) is 12.0 Å². The summed E-state index contributed by atoms with van der Waals surface area (Å²) in [6.45, 7) is 3.10. The van der Waals surface area contributed by atoms with Crippen molar-refractivity contribution < 1.29 is 8.78 Å². The largest absolute Gasteiger partial charge is 0.313 e. The Balaban J connectivity index is 2.05. The van der Waals surface area contributed by atoms with Crippen LogP contribution in [0.3, 0.4) is 0 Å². The zero-order valence-electron chi connectivity index (χ0n) is 12.0. The summed E-state index contributed by atoms with van der Waals surface area (Å²) < 4.78 is 26.6. The summed E-state index contributed by atoms with van der Waals surface area (Å²) in [6, 6.07) is 4.16. The van der Waals surface area contributed by atoms with E-state index in [0.29, 0.717) is 17.7 Å². The van der Waals surface area contributed by atoms with E-state index in [1.165, 1.54) is 37.1 Å². The van der Waals surface area contributed by atoms with Gasteiger partial charge in [-0.2, -0.15) is 11.8 Å². The first-order valence-corrected chi connectivity index (χ1v) is 8.54. The van der Waals surface area contributed by atoms with Gasteiger partial charge in [0.2, 0.25) is 0 Å². The van der Waals surface area contributed by atoms with E-state index in [0.717, 1.165) is 24.6 Å². The van der Waals surface area contributed by atoms with E-state index < -0.39 is 11.6 Å². The zero-order valence-corrected chi connectivity index (χ0v) is 12.8. The highest BCUT2D eigenvalue weighted by molar-refractivity contribution is 8.00. The third kappa shape index (κ3) is 4.74. The highest BCUT2D eigenvalue weighted by Crippen LogP contribution is 2.29. The normalized spacial score (nSPS) is 20.9. The lowest BCUT2D eigenvalue weighted by molar-refractivity contribution is 0.459. The maximum absolute atomic E-state index is 13.3. The lowest BCUT2D eigenvalue weighted by Gasteiger charge is -2.31. The predicted octanol–water partition coefficient (Wildman–Crippen LogP) is 4.16. The van der Waals surface area contributed by atoms with Crippen LogP contribution in [0, 0.1) is 11.6 Å². The number of benzene rings is 1. The fourth-order valence-corrected chi connectivity index (χ4v) is 4.16. The molecule has 1 aliphatic heterocycles. The van der Waals surface area contributed by atoms with E-state index in [9.17, 15) is 8.78 Å². The van der Waals surface area contributed by atoms with Gasteiger partial charge in [-0.15, -0.1) is 0 Å². The molecule has 2 atom stereocenters. The van der Waals surface area contributed by atoms with Gasteiger partial charge in [0.25, 0.3) is 0 Å². The van der Waals surface area contributed by atoms with Gasteiger partial charge in [-0.05, 0) is 55.7 Å². The molecule has 0 saturated carbocycles. The molecule has 1 fully saturated rings. The Morgan fingerprint density at radius 3 is 2.60 bits per heavy atom. The molecule has 1 saturated heterocycles. The van der Waals surface area contributed by atoms with Crippen LogP contribution in [-0.2, 0) is 6.42 Å². The van der Waals surface area contributed by atoms with E-state index in [-0.39, 0.29) is 0 Å². The summed E-state index contributed by atoms with van der Waals surface area (Å²) >= 11 is 2.00. The van der Waals surface area contributed by atoms with Gasteiger partial charge in [0, 0.05) is 17.4 Å². The summed E-state index contributed by atoms with van der Waals surface area (Å²) in [5, 5.41) is 4.12. The number of thioether (sulfide) groups is 1. The molecular formula is C16H23F2NS. The summed E-state index contributed by atoms with van der Waals surface area (Å²) in [5.41, 5.74) is 0.752. The molecule has 0 aromatic heterocycles. The molecule has 4 heteroatoms. The van der Waals surface area contributed by atoms with E-state index in [4.69, 9.17) is 0 Å². The summed E-state index contributed by atoms with van der Waals surface area (Å²) in [4.78, 5) is 0. The quantitative estimate of drug-likeness (QED) is 0.846. The Bertz CT molecular complexity index is 399. The second-order valence-electron chi connectivity index (χ2n) is 5.45. The van der Waals surface area contributed by atoms with Crippen LogP contribution < -0.4 is 5.32 Å². The molecule has 0 bridgehead atoms. The summed E-state index contributed by atoms with van der Waals surface area (Å²) in [7, 11) is 0. The molecule has 20 heavy (non-hydrogen) atoms. The van der Waals surface area contributed by atoms with Gasteiger partial charge in [0.15, 0.2) is 0 Å². The number of halogens is 2. The first-order valence-electron chi connectivity index (χ1n) is 7.49. The third-order valence-corrected chi connectivity index (χ3v) is 5.21. The van der Waals surface area contributed by atoms with E-state index in [1.54, 1.807) is 0 Å². The highest BCUT2D eigenvalue weighted by Gasteiger charge is 2.24. The maximum atomic E-state index is 13.3. The molecule has 1 heterocycles. The van der Waals surface area contributed by atoms with Crippen LogP contribution in [0.1, 0.15) is 38.2 Å². The van der Waals surface area contributed by atoms with Gasteiger partial charge in [-0.3, -0.25) is 0 Å². The van der Waals surface area contributed by atoms with E-state index in [1.807, 2.05) is 11.8 Å². The van der Waals surface area contributed by atoms with Crippen LogP contribution in [0.2, 0.25) is 0 Å². The Morgan fingerprint density at radius 2 is 2.00 bits per heavy atom. The molecule has 1 aromatic rings. The van der Waals surface area contributed by atoms with Crippen molar-refractivity contribution in [3.63, 3.8) is 0 Å². The van der Waals surface area contributed by atoms with Crippen molar-refractivity contribution in [1.82, 2.24) is 5.32 Å². The highest BCUT2D eigenvalue weighted by atomic mass is 32.2. The fraction of sp³-hybridized carbons (Fsp3) is 0.625. The van der Waals surface area contributed by atoms with Gasteiger partial charge < -0.3 is 5.32 Å². The maximum Gasteiger partial charge on any atom is 0.126 e. The Labute approximate surface area is 124 Å². The fourth-order valence-electron chi connectivity index (χ4n) is 2.73. The van der Waals surface area contributed by atoms with Crippen molar-refractivity contribution in [2.24, 2.45) is 0 Å². The van der Waals surface area contributed by atoms with Crippen molar-refractivity contribution in [2.75, 3.05) is 12.3 Å². The lowest BCUT2D eigenvalue weighted by atomic mass is 9.99. The Morgan fingerprint density at radius 1 is 1.25 bits per heavy atom. The molecular weight excluding hydrogens is 276 g/mol. The van der Waals surface area contributed by atoms with Crippen molar-refractivity contribution in [3.8, 4) is 0 Å². The van der Waals surface area contributed by atoms with Crippen molar-refractivity contribution >= 4 is 11.8 Å². The Kier molecular flexibility index (Phi) is 6.30. The number of rotatable bonds is 6. The van der Waals surface area contributed by atoms with Crippen molar-refractivity contribution in [3.05, 3.63) is 35.4 Å². The summed E-state index contributed by atoms with van der Waals surface area (Å²) in [6.07, 6.45) is 5.53. The molecule has 1 aliphatic rings. The van der Waals surface area contributed by atoms with Gasteiger partial charge in [-0.25, -0.2) is 8.78 Å². The van der Waals surface area contributed by atoms with Crippen LogP contribution in [0.25, 0.3) is 0 Å². The SMILES string of the molecule is CCCNC(Cc1cc(F)cc(F)c1)C1CCCCS1. The first-order chi connectivity index (χ1) is 9.69. The van der Waals surface area contributed by atoms with Crippen molar-refractivity contribution in [2.45, 2.75) is 50.3 Å². The van der Waals surface area contributed by atoms with Gasteiger partial charge in [-0.1, -0.05) is 13.3 Å². The number of hydrogen-bond donors (Lipinski definition) is 1. The molecule has 2 rings (SSSR count). The second kappa shape index (κ2) is 7.99. The molecule has 2 unspecified atom stereocenters. The van der Waals surface area contributed by atoms with Gasteiger partial charge >= 0.3 is 0 Å². The summed E-state index contributed by atoms with van der Waals surface area (Å²) in [5.74, 6) is 0.239. The minimum Gasteiger partial charge on any atom is -0.313 e. The minimum atomic E-state index is -0.481. The lowest BCUT2D eigenvalue weighted by Crippen LogP contribution is -2.41. The second-order valence-corrected chi connectivity index (χ2v) is 6.79. The standard InChI is InChI=1S/C16H23F2NS/c1-2-6-19-15(16-5-3-4-7-20-16)10-12-8-13(17)11-14(18)9-12/h8-9,11,15-16,19H,2-7,10H2,1H3. The van der Waals surface area contributed by atoms with Crippen LogP contribution in [-0.4, -0.2) is 23.6 Å². The monoisotopic (exact) mass is 299 g/mol. The first kappa shape index (κ1) is 15.8. The average Bonchev–Trinajstić information content (AvgIpc) is 2.43. The van der Waals surface area contributed by atoms with Crippen LogP contribution in [0.15, 0.2) is 18.2 Å². The molecule has 1 nitrogen and oxygen atoms in total. The molecule has 112 valence electrons. The molecule has 0 radical (unpaired) electrons. The predicted molar refractivity (Wildman–Crippen MR) is 82.2 cm³/mol. The van der Waals surface area contributed by atoms with E-state index in [2.05, 4.69) is 12.2 Å². The smallest absolute Gasteiger partial charge is 0.126 e. The van der Waals surface area contributed by atoms with Crippen LogP contribution in [0.4, 0.5) is 8.78 Å². The van der Waals surface area contributed by atoms with Gasteiger partial charge in [0.05, 0.1) is 0 Å². The molecule has 0 aliphatic carbocycles. The van der Waals surface area contributed by atoms with Crippen LogP contribution in [0.5, 0.6) is 0 Å². The number of hydrogen-bond acceptors (Lipinski definition) is 2.